The van der Waals surface area contributed by atoms with Gasteiger partial charge in [0.05, 0.1) is 0 Å². The Morgan fingerprint density at radius 2 is 1.71 bits per heavy atom. The maximum atomic E-state index is 12.6. The molecule has 1 amide bonds. The van der Waals surface area contributed by atoms with Crippen LogP contribution in [0.15, 0.2) is 24.3 Å². The van der Waals surface area contributed by atoms with Crippen molar-refractivity contribution in [2.75, 3.05) is 5.32 Å². The Morgan fingerprint density at radius 3 is 2.29 bits per heavy atom. The molecule has 1 aromatic rings. The van der Waals surface area contributed by atoms with Crippen molar-refractivity contribution in [2.45, 2.75) is 32.6 Å². The molecular weight excluding hydrogens is 266 g/mol. The Morgan fingerprint density at radius 1 is 1.10 bits per heavy atom. The predicted octanol–water partition coefficient (Wildman–Crippen LogP) is 1.74. The number of fused-ring (bicyclic) bond motifs is 3. The minimum Gasteiger partial charge on any atom is -0.550 e. The molecule has 4 rings (SSSR count). The maximum absolute atomic E-state index is 12.6. The number of hydrogen-bond donors (Lipinski definition) is 1. The van der Waals surface area contributed by atoms with Crippen molar-refractivity contribution < 1.29 is 14.7 Å². The highest BCUT2D eigenvalue weighted by Crippen LogP contribution is 2.49. The number of carbonyl (C=O) groups excluding carboxylic acids is 2. The Bertz CT molecular complexity index is 561. The van der Waals surface area contributed by atoms with Gasteiger partial charge in [-0.05, 0) is 62.1 Å². The normalized spacial score (nSPS) is 30.9. The first kappa shape index (κ1) is 14.1. The van der Waals surface area contributed by atoms with Gasteiger partial charge >= 0.3 is 0 Å². The molecule has 2 bridgehead atoms. The van der Waals surface area contributed by atoms with Crippen LogP contribution in [0.2, 0.25) is 0 Å². The van der Waals surface area contributed by atoms with Crippen molar-refractivity contribution >= 4 is 17.6 Å². The summed E-state index contributed by atoms with van der Waals surface area (Å²) in [6.07, 6.45) is 3.75. The third-order valence-electron chi connectivity index (χ3n) is 5.08. The quantitative estimate of drug-likeness (QED) is 0.920. The molecule has 1 aromatic carbocycles. The lowest BCUT2D eigenvalue weighted by Gasteiger charge is -2.48. The lowest BCUT2D eigenvalue weighted by Crippen LogP contribution is -2.52. The second kappa shape index (κ2) is 5.51. The number of anilines is 1. The number of nitrogens with one attached hydrogen (secondary N) is 1. The topological polar surface area (TPSA) is 69.2 Å². The second-order valence-corrected chi connectivity index (χ2v) is 6.40. The summed E-state index contributed by atoms with van der Waals surface area (Å²) in [6, 6.07) is 7.57. The fraction of sp³-hybridized carbons (Fsp3) is 0.529. The Labute approximate surface area is 124 Å². The van der Waals surface area contributed by atoms with Crippen molar-refractivity contribution in [3.8, 4) is 0 Å². The van der Waals surface area contributed by atoms with Gasteiger partial charge in [-0.25, -0.2) is 0 Å². The van der Waals surface area contributed by atoms with E-state index in [1.807, 2.05) is 31.2 Å². The number of rotatable bonds is 3. The standard InChI is InChI=1S/C17H21NO3/c1-10-3-2-4-13(9-10)18-16(19)14-11-5-7-12(8-6-11)15(14)17(20)21/h2-4,9,11-12,14-15H,5-8H2,1H3,(H,18,19)(H,20,21)/p-1/t11?,12?,14-,15-/m0/s1. The van der Waals surface area contributed by atoms with Gasteiger partial charge in [0.15, 0.2) is 0 Å². The number of hydrogen-bond acceptors (Lipinski definition) is 3. The van der Waals surface area contributed by atoms with E-state index in [1.165, 1.54) is 0 Å². The van der Waals surface area contributed by atoms with E-state index in [2.05, 4.69) is 5.32 Å². The first-order chi connectivity index (χ1) is 10.1. The van der Waals surface area contributed by atoms with E-state index in [0.717, 1.165) is 36.9 Å². The van der Waals surface area contributed by atoms with E-state index in [4.69, 9.17) is 0 Å². The summed E-state index contributed by atoms with van der Waals surface area (Å²) >= 11 is 0. The molecule has 0 unspecified atom stereocenters. The molecule has 0 aromatic heterocycles. The first-order valence-corrected chi connectivity index (χ1v) is 7.64. The smallest absolute Gasteiger partial charge is 0.228 e. The van der Waals surface area contributed by atoms with Crippen LogP contribution in [0.3, 0.4) is 0 Å². The molecular formula is C17H20NO3-. The molecule has 0 heterocycles. The summed E-state index contributed by atoms with van der Waals surface area (Å²) in [4.78, 5) is 24.1. The number of aryl methyl sites for hydroxylation is 1. The zero-order valence-electron chi connectivity index (χ0n) is 12.2. The van der Waals surface area contributed by atoms with Crippen LogP contribution in [0.5, 0.6) is 0 Å². The second-order valence-electron chi connectivity index (χ2n) is 6.40. The molecule has 0 radical (unpaired) electrons. The van der Waals surface area contributed by atoms with Gasteiger partial charge in [-0.2, -0.15) is 0 Å². The van der Waals surface area contributed by atoms with Crippen LogP contribution in [0, 0.1) is 30.6 Å². The van der Waals surface area contributed by atoms with Crippen LogP contribution in [-0.4, -0.2) is 11.9 Å². The first-order valence-electron chi connectivity index (χ1n) is 7.64. The highest BCUT2D eigenvalue weighted by atomic mass is 16.4. The zero-order chi connectivity index (χ0) is 15.0. The molecule has 1 N–H and O–H groups in total. The lowest BCUT2D eigenvalue weighted by atomic mass is 9.58. The minimum absolute atomic E-state index is 0.105. The minimum atomic E-state index is -1.06. The maximum Gasteiger partial charge on any atom is 0.228 e. The number of carboxylic acid groups (broad SMARTS) is 1. The highest BCUT2D eigenvalue weighted by Gasteiger charge is 2.47. The summed E-state index contributed by atoms with van der Waals surface area (Å²) in [5.74, 6) is -2.00. The van der Waals surface area contributed by atoms with Gasteiger partial charge in [0.25, 0.3) is 0 Å². The molecule has 0 saturated heterocycles. The monoisotopic (exact) mass is 286 g/mol. The van der Waals surface area contributed by atoms with Gasteiger partial charge in [-0.1, -0.05) is 12.1 Å². The number of benzene rings is 1. The van der Waals surface area contributed by atoms with E-state index in [1.54, 1.807) is 0 Å². The van der Waals surface area contributed by atoms with E-state index >= 15 is 0 Å². The van der Waals surface area contributed by atoms with Gasteiger partial charge < -0.3 is 15.2 Å². The van der Waals surface area contributed by atoms with Crippen LogP contribution in [0.1, 0.15) is 31.2 Å². The lowest BCUT2D eigenvalue weighted by molar-refractivity contribution is -0.318. The Hall–Kier alpha value is -1.84. The molecule has 3 fully saturated rings. The fourth-order valence-corrected chi connectivity index (χ4v) is 4.11. The molecule has 112 valence electrons. The molecule has 3 aliphatic carbocycles. The largest absolute Gasteiger partial charge is 0.550 e. The predicted molar refractivity (Wildman–Crippen MR) is 77.2 cm³/mol. The van der Waals surface area contributed by atoms with Crippen molar-refractivity contribution in [2.24, 2.45) is 23.7 Å². The number of carbonyl (C=O) groups is 2. The van der Waals surface area contributed by atoms with E-state index in [9.17, 15) is 14.7 Å². The van der Waals surface area contributed by atoms with Crippen LogP contribution < -0.4 is 10.4 Å². The van der Waals surface area contributed by atoms with Crippen molar-refractivity contribution in [1.29, 1.82) is 0 Å². The third kappa shape index (κ3) is 2.67. The summed E-state index contributed by atoms with van der Waals surface area (Å²) < 4.78 is 0. The van der Waals surface area contributed by atoms with Crippen LogP contribution in [0.4, 0.5) is 5.69 Å². The van der Waals surface area contributed by atoms with Gasteiger partial charge in [0, 0.05) is 23.5 Å². The third-order valence-corrected chi connectivity index (χ3v) is 5.08. The Balaban J connectivity index is 1.80. The van der Waals surface area contributed by atoms with E-state index in [0.29, 0.717) is 0 Å². The number of amides is 1. The molecule has 4 nitrogen and oxygen atoms in total. The fourth-order valence-electron chi connectivity index (χ4n) is 4.11. The van der Waals surface area contributed by atoms with E-state index in [-0.39, 0.29) is 17.7 Å². The summed E-state index contributed by atoms with van der Waals surface area (Å²) in [5, 5.41) is 14.4. The number of aliphatic carboxylic acids is 1. The van der Waals surface area contributed by atoms with Crippen LogP contribution >= 0.6 is 0 Å². The zero-order valence-corrected chi connectivity index (χ0v) is 12.2. The molecule has 4 heteroatoms. The molecule has 3 saturated carbocycles. The van der Waals surface area contributed by atoms with Gasteiger partial charge in [0.2, 0.25) is 5.91 Å². The SMILES string of the molecule is Cc1cccc(NC(=O)[C@H]2C3CCC(CC3)[C@@H]2C(=O)[O-])c1. The summed E-state index contributed by atoms with van der Waals surface area (Å²) in [6.45, 7) is 1.96. The summed E-state index contributed by atoms with van der Waals surface area (Å²) in [7, 11) is 0. The summed E-state index contributed by atoms with van der Waals surface area (Å²) in [5.41, 5.74) is 1.80. The van der Waals surface area contributed by atoms with Crippen LogP contribution in [0.25, 0.3) is 0 Å². The van der Waals surface area contributed by atoms with Crippen molar-refractivity contribution in [3.63, 3.8) is 0 Å². The average Bonchev–Trinajstić information content (AvgIpc) is 2.47. The molecule has 0 aliphatic heterocycles. The number of carboxylic acids is 1. The van der Waals surface area contributed by atoms with Crippen LogP contribution in [-0.2, 0) is 9.59 Å². The molecule has 0 spiro atoms. The Kier molecular flexibility index (Phi) is 3.70. The van der Waals surface area contributed by atoms with Crippen molar-refractivity contribution in [3.05, 3.63) is 29.8 Å². The van der Waals surface area contributed by atoms with E-state index < -0.39 is 17.8 Å². The van der Waals surface area contributed by atoms with Gasteiger partial charge in [0.1, 0.15) is 0 Å². The average molecular weight is 286 g/mol. The van der Waals surface area contributed by atoms with Crippen molar-refractivity contribution in [1.82, 2.24) is 0 Å². The highest BCUT2D eigenvalue weighted by molar-refractivity contribution is 5.95. The molecule has 21 heavy (non-hydrogen) atoms. The molecule has 3 aliphatic rings. The van der Waals surface area contributed by atoms with Gasteiger partial charge in [-0.15, -0.1) is 0 Å². The van der Waals surface area contributed by atoms with Gasteiger partial charge in [-0.3, -0.25) is 4.79 Å². The molecule has 2 atom stereocenters.